The van der Waals surface area contributed by atoms with Gasteiger partial charge >= 0.3 is 0 Å². The number of aromatic amines is 1. The third kappa shape index (κ3) is 3.82. The van der Waals surface area contributed by atoms with Gasteiger partial charge in [0.1, 0.15) is 0 Å². The van der Waals surface area contributed by atoms with Gasteiger partial charge in [0.2, 0.25) is 0 Å². The molecule has 1 N–H and O–H groups in total. The molecule has 1 aliphatic heterocycles. The van der Waals surface area contributed by atoms with Gasteiger partial charge in [0.15, 0.2) is 0 Å². The standard InChI is InChI=1S/C19H27N3O/c1-4-22(13-18-6-5-9-23-18)12-17-11-20-21-19(17)16-8-7-14(2)15(3)10-16/h7-8,10-11,18H,4-6,9,12-13H2,1-3H3,(H,20,21)/t18-/m1/s1. The summed E-state index contributed by atoms with van der Waals surface area (Å²) in [6, 6.07) is 6.59. The summed E-state index contributed by atoms with van der Waals surface area (Å²) < 4.78 is 5.78. The molecule has 2 heterocycles. The maximum atomic E-state index is 5.78. The number of aryl methyl sites for hydroxylation is 2. The maximum Gasteiger partial charge on any atom is 0.0702 e. The summed E-state index contributed by atoms with van der Waals surface area (Å²) in [6.07, 6.45) is 4.74. The highest BCUT2D eigenvalue weighted by molar-refractivity contribution is 5.64. The average Bonchev–Trinajstić information content (AvgIpc) is 3.21. The van der Waals surface area contributed by atoms with Crippen molar-refractivity contribution in [3.63, 3.8) is 0 Å². The van der Waals surface area contributed by atoms with Crippen LogP contribution in [0.25, 0.3) is 11.3 Å². The Labute approximate surface area is 138 Å². The minimum absolute atomic E-state index is 0.395. The molecule has 0 aliphatic carbocycles. The number of H-pyrrole nitrogens is 1. The lowest BCUT2D eigenvalue weighted by Gasteiger charge is -2.23. The zero-order valence-corrected chi connectivity index (χ0v) is 14.4. The summed E-state index contributed by atoms with van der Waals surface area (Å²) in [6.45, 7) is 10.4. The number of rotatable bonds is 6. The van der Waals surface area contributed by atoms with Gasteiger partial charge in [0, 0.05) is 30.8 Å². The molecule has 4 nitrogen and oxygen atoms in total. The molecule has 0 amide bonds. The molecule has 0 radical (unpaired) electrons. The Morgan fingerprint density at radius 2 is 2.17 bits per heavy atom. The van der Waals surface area contributed by atoms with Gasteiger partial charge in [-0.1, -0.05) is 19.1 Å². The first-order valence-corrected chi connectivity index (χ1v) is 8.61. The number of likely N-dealkylation sites (N-methyl/N-ethyl adjacent to an activating group) is 1. The van der Waals surface area contributed by atoms with Gasteiger partial charge in [-0.05, 0) is 50.4 Å². The van der Waals surface area contributed by atoms with Gasteiger partial charge < -0.3 is 4.74 Å². The zero-order valence-electron chi connectivity index (χ0n) is 14.4. The van der Waals surface area contributed by atoms with E-state index in [9.17, 15) is 0 Å². The van der Waals surface area contributed by atoms with Crippen molar-refractivity contribution >= 4 is 0 Å². The van der Waals surface area contributed by atoms with E-state index in [2.05, 4.69) is 54.1 Å². The van der Waals surface area contributed by atoms with E-state index in [0.29, 0.717) is 6.10 Å². The summed E-state index contributed by atoms with van der Waals surface area (Å²) >= 11 is 0. The number of ether oxygens (including phenoxy) is 1. The van der Waals surface area contributed by atoms with Crippen LogP contribution >= 0.6 is 0 Å². The summed E-state index contributed by atoms with van der Waals surface area (Å²) in [5.74, 6) is 0. The highest BCUT2D eigenvalue weighted by Crippen LogP contribution is 2.25. The minimum atomic E-state index is 0.395. The largest absolute Gasteiger partial charge is 0.377 e. The first-order valence-electron chi connectivity index (χ1n) is 8.61. The predicted octanol–water partition coefficient (Wildman–Crippen LogP) is 3.69. The highest BCUT2D eigenvalue weighted by atomic mass is 16.5. The fraction of sp³-hybridized carbons (Fsp3) is 0.526. The van der Waals surface area contributed by atoms with Crippen LogP contribution in [0, 0.1) is 13.8 Å². The molecule has 1 aromatic heterocycles. The molecular formula is C19H27N3O. The number of hydrogen-bond donors (Lipinski definition) is 1. The molecule has 23 heavy (non-hydrogen) atoms. The fourth-order valence-electron chi connectivity index (χ4n) is 3.20. The second kappa shape index (κ2) is 7.28. The molecule has 1 aliphatic rings. The summed E-state index contributed by atoms with van der Waals surface area (Å²) in [5, 5.41) is 7.47. The molecule has 1 aromatic carbocycles. The monoisotopic (exact) mass is 313 g/mol. The van der Waals surface area contributed by atoms with E-state index < -0.39 is 0 Å². The topological polar surface area (TPSA) is 41.2 Å². The molecule has 1 fully saturated rings. The lowest BCUT2D eigenvalue weighted by molar-refractivity contribution is 0.0725. The van der Waals surface area contributed by atoms with Crippen LogP contribution in [0.15, 0.2) is 24.4 Å². The first kappa shape index (κ1) is 16.2. The Morgan fingerprint density at radius 3 is 2.87 bits per heavy atom. The van der Waals surface area contributed by atoms with Crippen molar-refractivity contribution in [1.82, 2.24) is 15.1 Å². The van der Waals surface area contributed by atoms with E-state index in [4.69, 9.17) is 4.74 Å². The smallest absolute Gasteiger partial charge is 0.0702 e. The van der Waals surface area contributed by atoms with Crippen LogP contribution in [-0.4, -0.2) is 40.9 Å². The number of nitrogens with zero attached hydrogens (tertiary/aromatic N) is 2. The molecule has 2 aromatic rings. The Morgan fingerprint density at radius 1 is 1.30 bits per heavy atom. The van der Waals surface area contributed by atoms with Gasteiger partial charge in [-0.15, -0.1) is 0 Å². The molecule has 1 atom stereocenters. The molecule has 0 bridgehead atoms. The predicted molar refractivity (Wildman–Crippen MR) is 93.4 cm³/mol. The minimum Gasteiger partial charge on any atom is -0.377 e. The van der Waals surface area contributed by atoms with Crippen molar-refractivity contribution in [3.05, 3.63) is 41.1 Å². The first-order chi connectivity index (χ1) is 11.2. The van der Waals surface area contributed by atoms with E-state index in [1.165, 1.54) is 35.1 Å². The van der Waals surface area contributed by atoms with Crippen LogP contribution in [0.3, 0.4) is 0 Å². The Kier molecular flexibility index (Phi) is 5.13. The van der Waals surface area contributed by atoms with Crippen LogP contribution in [0.2, 0.25) is 0 Å². The van der Waals surface area contributed by atoms with Crippen LogP contribution in [0.1, 0.15) is 36.5 Å². The molecule has 4 heteroatoms. The molecular weight excluding hydrogens is 286 g/mol. The average molecular weight is 313 g/mol. The molecule has 3 rings (SSSR count). The summed E-state index contributed by atoms with van der Waals surface area (Å²) in [5.41, 5.74) is 6.25. The van der Waals surface area contributed by atoms with Crippen molar-refractivity contribution in [2.75, 3.05) is 19.7 Å². The van der Waals surface area contributed by atoms with Gasteiger partial charge in [-0.3, -0.25) is 10.00 Å². The maximum absolute atomic E-state index is 5.78. The quantitative estimate of drug-likeness (QED) is 0.884. The van der Waals surface area contributed by atoms with E-state index in [1.807, 2.05) is 6.20 Å². The lowest BCUT2D eigenvalue weighted by atomic mass is 10.0. The third-order valence-electron chi connectivity index (χ3n) is 4.84. The number of aromatic nitrogens is 2. The van der Waals surface area contributed by atoms with Crippen LogP contribution in [0.4, 0.5) is 0 Å². The fourth-order valence-corrected chi connectivity index (χ4v) is 3.20. The molecule has 0 spiro atoms. The second-order valence-corrected chi connectivity index (χ2v) is 6.53. The number of benzene rings is 1. The van der Waals surface area contributed by atoms with E-state index in [1.54, 1.807) is 0 Å². The van der Waals surface area contributed by atoms with E-state index >= 15 is 0 Å². The van der Waals surface area contributed by atoms with E-state index in [-0.39, 0.29) is 0 Å². The Hall–Kier alpha value is -1.65. The molecule has 124 valence electrons. The van der Waals surface area contributed by atoms with Crippen molar-refractivity contribution < 1.29 is 4.74 Å². The van der Waals surface area contributed by atoms with E-state index in [0.717, 1.165) is 31.9 Å². The van der Waals surface area contributed by atoms with Crippen molar-refractivity contribution in [3.8, 4) is 11.3 Å². The lowest BCUT2D eigenvalue weighted by Crippen LogP contribution is -2.31. The summed E-state index contributed by atoms with van der Waals surface area (Å²) in [4.78, 5) is 2.45. The normalized spacial score (nSPS) is 18.0. The number of hydrogen-bond acceptors (Lipinski definition) is 3. The van der Waals surface area contributed by atoms with Crippen molar-refractivity contribution in [2.24, 2.45) is 0 Å². The van der Waals surface area contributed by atoms with Crippen LogP contribution < -0.4 is 0 Å². The van der Waals surface area contributed by atoms with Crippen molar-refractivity contribution in [1.29, 1.82) is 0 Å². The van der Waals surface area contributed by atoms with Gasteiger partial charge in [-0.25, -0.2) is 0 Å². The highest BCUT2D eigenvalue weighted by Gasteiger charge is 2.20. The molecule has 0 unspecified atom stereocenters. The SMILES string of the molecule is CCN(Cc1cn[nH]c1-c1ccc(C)c(C)c1)C[C@H]1CCCO1. The molecule has 1 saturated heterocycles. The summed E-state index contributed by atoms with van der Waals surface area (Å²) in [7, 11) is 0. The Bertz CT molecular complexity index is 644. The van der Waals surface area contributed by atoms with Crippen LogP contribution in [-0.2, 0) is 11.3 Å². The Balaban J connectivity index is 1.75. The van der Waals surface area contributed by atoms with Gasteiger partial charge in [-0.2, -0.15) is 5.10 Å². The van der Waals surface area contributed by atoms with Crippen LogP contribution in [0.5, 0.6) is 0 Å². The molecule has 0 saturated carbocycles. The van der Waals surface area contributed by atoms with Gasteiger partial charge in [0.25, 0.3) is 0 Å². The number of nitrogens with one attached hydrogen (secondary N) is 1. The third-order valence-corrected chi connectivity index (χ3v) is 4.84. The van der Waals surface area contributed by atoms with Crippen molar-refractivity contribution in [2.45, 2.75) is 46.3 Å². The van der Waals surface area contributed by atoms with Gasteiger partial charge in [0.05, 0.1) is 18.0 Å². The zero-order chi connectivity index (χ0) is 16.2. The second-order valence-electron chi connectivity index (χ2n) is 6.53.